The number of benzene rings is 2. The number of halogens is 5. The van der Waals surface area contributed by atoms with E-state index < -0.39 is 17.6 Å². The number of hydrazone groups is 1. The Balaban J connectivity index is 1.55. The Bertz CT molecular complexity index is 1090. The maximum absolute atomic E-state index is 12.8. The molecule has 0 bridgehead atoms. The molecule has 0 aliphatic rings. The van der Waals surface area contributed by atoms with Gasteiger partial charge >= 0.3 is 6.18 Å². The van der Waals surface area contributed by atoms with Crippen molar-refractivity contribution in [3.8, 4) is 0 Å². The van der Waals surface area contributed by atoms with Crippen LogP contribution < -0.4 is 10.7 Å². The lowest BCUT2D eigenvalue weighted by Gasteiger charge is -2.08. The van der Waals surface area contributed by atoms with E-state index in [1.165, 1.54) is 29.7 Å². The fourth-order valence-corrected chi connectivity index (χ4v) is 3.35. The second-order valence-electron chi connectivity index (χ2n) is 5.99. The van der Waals surface area contributed by atoms with Crippen molar-refractivity contribution in [2.75, 3.05) is 5.32 Å². The van der Waals surface area contributed by atoms with E-state index in [4.69, 9.17) is 23.2 Å². The standard InChI is InChI=1S/C19H13Cl2F3N4OS/c20-15-5-4-11(6-16(15)21)9-25-28-17(29)8-14-10-30-18(27-14)26-13-3-1-2-12(7-13)19(22,23)24/h1-7,9-10H,8H2,(H,26,27)(H,28,29)/b25-9-. The number of thiazole rings is 1. The molecule has 2 aromatic carbocycles. The average Bonchev–Trinajstić information content (AvgIpc) is 3.11. The largest absolute Gasteiger partial charge is 0.416 e. The van der Waals surface area contributed by atoms with Crippen LogP contribution in [0.15, 0.2) is 52.9 Å². The summed E-state index contributed by atoms with van der Waals surface area (Å²) in [6.45, 7) is 0. The molecule has 0 spiro atoms. The fourth-order valence-electron chi connectivity index (χ4n) is 2.32. The molecule has 1 amide bonds. The van der Waals surface area contributed by atoms with Gasteiger partial charge < -0.3 is 5.32 Å². The summed E-state index contributed by atoms with van der Waals surface area (Å²) in [4.78, 5) is 16.2. The number of nitrogens with one attached hydrogen (secondary N) is 2. The van der Waals surface area contributed by atoms with Crippen LogP contribution in [0, 0.1) is 0 Å². The van der Waals surface area contributed by atoms with Gasteiger partial charge in [0.15, 0.2) is 5.13 Å². The summed E-state index contributed by atoms with van der Waals surface area (Å²) in [5.74, 6) is -0.401. The lowest BCUT2D eigenvalue weighted by atomic mass is 10.2. The first-order valence-electron chi connectivity index (χ1n) is 8.36. The second kappa shape index (κ2) is 9.46. The summed E-state index contributed by atoms with van der Waals surface area (Å²) in [6, 6.07) is 9.69. The number of carbonyl (C=O) groups is 1. The number of anilines is 2. The number of aromatic nitrogens is 1. The van der Waals surface area contributed by atoms with Crippen molar-refractivity contribution >= 4 is 57.5 Å². The highest BCUT2D eigenvalue weighted by Crippen LogP contribution is 2.31. The van der Waals surface area contributed by atoms with Crippen molar-refractivity contribution < 1.29 is 18.0 Å². The van der Waals surface area contributed by atoms with Gasteiger partial charge in [0.2, 0.25) is 5.91 Å². The Hall–Kier alpha value is -2.62. The number of hydrogen-bond donors (Lipinski definition) is 2. The summed E-state index contributed by atoms with van der Waals surface area (Å²) in [7, 11) is 0. The van der Waals surface area contributed by atoms with Gasteiger partial charge in [-0.2, -0.15) is 18.3 Å². The van der Waals surface area contributed by atoms with E-state index in [0.717, 1.165) is 12.1 Å². The van der Waals surface area contributed by atoms with Gasteiger partial charge in [-0.15, -0.1) is 11.3 Å². The van der Waals surface area contributed by atoms with Crippen LogP contribution in [0.2, 0.25) is 10.0 Å². The molecule has 0 unspecified atom stereocenters. The van der Waals surface area contributed by atoms with Crippen molar-refractivity contribution in [3.05, 3.63) is 74.7 Å². The van der Waals surface area contributed by atoms with Crippen LogP contribution in [0.3, 0.4) is 0 Å². The third kappa shape index (κ3) is 6.19. The zero-order chi connectivity index (χ0) is 21.7. The van der Waals surface area contributed by atoms with Crippen molar-refractivity contribution in [2.24, 2.45) is 5.10 Å². The van der Waals surface area contributed by atoms with E-state index in [1.807, 2.05) is 0 Å². The van der Waals surface area contributed by atoms with E-state index in [-0.39, 0.29) is 12.1 Å². The molecule has 11 heteroatoms. The predicted molar refractivity (Wildman–Crippen MR) is 113 cm³/mol. The normalized spacial score (nSPS) is 11.6. The molecule has 3 rings (SSSR count). The number of carbonyl (C=O) groups excluding carboxylic acids is 1. The molecule has 1 heterocycles. The molecule has 0 radical (unpaired) electrons. The first-order chi connectivity index (χ1) is 14.2. The second-order valence-corrected chi connectivity index (χ2v) is 7.66. The molecule has 30 heavy (non-hydrogen) atoms. The molecule has 0 saturated carbocycles. The minimum atomic E-state index is -4.43. The molecule has 5 nitrogen and oxygen atoms in total. The quantitative estimate of drug-likeness (QED) is 0.346. The zero-order valence-corrected chi connectivity index (χ0v) is 17.3. The lowest BCUT2D eigenvalue weighted by Crippen LogP contribution is -2.19. The molecule has 0 aliphatic carbocycles. The Morgan fingerprint density at radius 2 is 1.97 bits per heavy atom. The Morgan fingerprint density at radius 1 is 1.17 bits per heavy atom. The van der Waals surface area contributed by atoms with Crippen LogP contribution in [-0.2, 0) is 17.4 Å². The van der Waals surface area contributed by atoms with Gasteiger partial charge in [0.1, 0.15) is 0 Å². The molecular weight excluding hydrogens is 460 g/mol. The molecule has 0 aliphatic heterocycles. The summed E-state index contributed by atoms with van der Waals surface area (Å²) >= 11 is 12.9. The van der Waals surface area contributed by atoms with Crippen LogP contribution in [0.25, 0.3) is 0 Å². The summed E-state index contributed by atoms with van der Waals surface area (Å²) in [5, 5.41) is 9.44. The van der Waals surface area contributed by atoms with Crippen LogP contribution in [0.5, 0.6) is 0 Å². The molecule has 1 aromatic heterocycles. The van der Waals surface area contributed by atoms with Gasteiger partial charge in [0, 0.05) is 11.1 Å². The number of rotatable bonds is 6. The third-order valence-corrected chi connectivity index (χ3v) is 5.23. The summed E-state index contributed by atoms with van der Waals surface area (Å²) in [6.07, 6.45) is -3.05. The summed E-state index contributed by atoms with van der Waals surface area (Å²) in [5.41, 5.74) is 2.97. The molecule has 156 valence electrons. The lowest BCUT2D eigenvalue weighted by molar-refractivity contribution is -0.137. The van der Waals surface area contributed by atoms with Crippen molar-refractivity contribution in [2.45, 2.75) is 12.6 Å². The van der Waals surface area contributed by atoms with Gasteiger partial charge in [0.25, 0.3) is 0 Å². The Kier molecular flexibility index (Phi) is 6.96. The minimum Gasteiger partial charge on any atom is -0.332 e. The maximum atomic E-state index is 12.8. The average molecular weight is 473 g/mol. The van der Waals surface area contributed by atoms with E-state index in [2.05, 4.69) is 20.8 Å². The topological polar surface area (TPSA) is 66.4 Å². The van der Waals surface area contributed by atoms with Gasteiger partial charge in [0.05, 0.1) is 33.9 Å². The monoisotopic (exact) mass is 472 g/mol. The highest BCUT2D eigenvalue weighted by Gasteiger charge is 2.30. The van der Waals surface area contributed by atoms with Gasteiger partial charge in [-0.3, -0.25) is 4.79 Å². The summed E-state index contributed by atoms with van der Waals surface area (Å²) < 4.78 is 38.4. The number of amides is 1. The number of alkyl halides is 3. The SMILES string of the molecule is O=C(Cc1csc(Nc2cccc(C(F)(F)F)c2)n1)N/N=C\c1ccc(Cl)c(Cl)c1. The van der Waals surface area contributed by atoms with Crippen molar-refractivity contribution in [3.63, 3.8) is 0 Å². The van der Waals surface area contributed by atoms with Gasteiger partial charge in [-0.05, 0) is 35.9 Å². The predicted octanol–water partition coefficient (Wildman–Crippen LogP) is 5.91. The molecule has 0 fully saturated rings. The number of hydrogen-bond acceptors (Lipinski definition) is 5. The van der Waals surface area contributed by atoms with E-state index in [0.29, 0.717) is 26.4 Å². The maximum Gasteiger partial charge on any atom is 0.416 e. The molecule has 3 aromatic rings. The molecular formula is C19H13Cl2F3N4OS. The van der Waals surface area contributed by atoms with E-state index in [9.17, 15) is 18.0 Å². The van der Waals surface area contributed by atoms with Crippen molar-refractivity contribution in [1.29, 1.82) is 0 Å². The highest BCUT2D eigenvalue weighted by molar-refractivity contribution is 7.13. The third-order valence-electron chi connectivity index (χ3n) is 3.68. The fraction of sp³-hybridized carbons (Fsp3) is 0.105. The van der Waals surface area contributed by atoms with Crippen molar-refractivity contribution in [1.82, 2.24) is 10.4 Å². The number of nitrogens with zero attached hydrogens (tertiary/aromatic N) is 2. The van der Waals surface area contributed by atoms with Crippen LogP contribution in [-0.4, -0.2) is 17.1 Å². The van der Waals surface area contributed by atoms with Gasteiger partial charge in [-0.25, -0.2) is 10.4 Å². The first-order valence-corrected chi connectivity index (χ1v) is 10.00. The first kappa shape index (κ1) is 22.1. The minimum absolute atomic E-state index is 0.0422. The smallest absolute Gasteiger partial charge is 0.332 e. The van der Waals surface area contributed by atoms with Crippen LogP contribution in [0.4, 0.5) is 24.0 Å². The van der Waals surface area contributed by atoms with Gasteiger partial charge in [-0.1, -0.05) is 35.3 Å². The molecule has 2 N–H and O–H groups in total. The van der Waals surface area contributed by atoms with E-state index in [1.54, 1.807) is 23.6 Å². The Morgan fingerprint density at radius 3 is 2.70 bits per heavy atom. The molecule has 0 atom stereocenters. The van der Waals surface area contributed by atoms with Crippen LogP contribution >= 0.6 is 34.5 Å². The zero-order valence-electron chi connectivity index (χ0n) is 15.0. The Labute approximate surface area is 183 Å². The van der Waals surface area contributed by atoms with E-state index >= 15 is 0 Å². The molecule has 0 saturated heterocycles. The van der Waals surface area contributed by atoms with Crippen LogP contribution in [0.1, 0.15) is 16.8 Å². The highest BCUT2D eigenvalue weighted by atomic mass is 35.5.